The van der Waals surface area contributed by atoms with Crippen LogP contribution in [0.4, 0.5) is 0 Å². The molecule has 1 aromatic rings. The third kappa shape index (κ3) is 1.30. The Balaban J connectivity index is 3.14. The van der Waals surface area contributed by atoms with Crippen molar-refractivity contribution in [3.63, 3.8) is 0 Å². The van der Waals surface area contributed by atoms with E-state index in [1.807, 2.05) is 6.92 Å². The Labute approximate surface area is 68.4 Å². The highest BCUT2D eigenvalue weighted by Gasteiger charge is 1.99. The van der Waals surface area contributed by atoms with E-state index in [-0.39, 0.29) is 0 Å². The first kappa shape index (κ1) is 6.71. The van der Waals surface area contributed by atoms with Gasteiger partial charge in [0, 0.05) is 0 Å². The lowest BCUT2D eigenvalue weighted by Crippen LogP contribution is -1.62. The summed E-state index contributed by atoms with van der Waals surface area (Å²) in [6, 6.07) is 0. The van der Waals surface area contributed by atoms with Crippen LogP contribution < -0.4 is 0 Å². The predicted molar refractivity (Wildman–Crippen MR) is 42.3 cm³/mol. The number of aromatic nitrogens is 1. The lowest BCUT2D eigenvalue weighted by Gasteiger charge is -1.72. The second-order valence-corrected chi connectivity index (χ2v) is 4.57. The summed E-state index contributed by atoms with van der Waals surface area (Å²) in [7, 11) is 0. The minimum Gasteiger partial charge on any atom is -0.233 e. The van der Waals surface area contributed by atoms with Gasteiger partial charge in [-0.25, -0.2) is 4.98 Å². The Morgan fingerprint density at radius 1 is 1.50 bits per heavy atom. The average Bonchev–Trinajstić information content (AvgIpc) is 1.85. The standard InChI is InChI=1S/C4H3Br2NS/c1-2-7-3(5)4(6)8-2/h1H3. The normalized spacial score (nSPS) is 9.88. The van der Waals surface area contributed by atoms with Crippen molar-refractivity contribution < 1.29 is 0 Å². The number of nitrogens with zero attached hydrogens (tertiary/aromatic N) is 1. The van der Waals surface area contributed by atoms with Crippen LogP contribution in [0.25, 0.3) is 0 Å². The first-order valence-electron chi connectivity index (χ1n) is 1.98. The van der Waals surface area contributed by atoms with E-state index >= 15 is 0 Å². The highest BCUT2D eigenvalue weighted by Crippen LogP contribution is 2.27. The summed E-state index contributed by atoms with van der Waals surface area (Å²) in [6.07, 6.45) is 0. The van der Waals surface area contributed by atoms with Crippen LogP contribution in [0.15, 0.2) is 8.39 Å². The third-order valence-electron chi connectivity index (χ3n) is 0.655. The molecule has 0 saturated heterocycles. The number of halogens is 2. The molecule has 1 heterocycles. The number of hydrogen-bond acceptors (Lipinski definition) is 2. The molecule has 0 saturated carbocycles. The van der Waals surface area contributed by atoms with Gasteiger partial charge in [-0.15, -0.1) is 11.3 Å². The SMILES string of the molecule is Cc1nc(Br)c(Br)s1. The predicted octanol–water partition coefficient (Wildman–Crippen LogP) is 2.98. The average molecular weight is 257 g/mol. The Morgan fingerprint density at radius 2 is 2.12 bits per heavy atom. The van der Waals surface area contributed by atoms with Crippen LogP contribution in [0, 0.1) is 6.92 Å². The molecule has 0 aliphatic heterocycles. The summed E-state index contributed by atoms with van der Waals surface area (Å²) in [5.74, 6) is 0. The molecule has 1 nitrogen and oxygen atoms in total. The van der Waals surface area contributed by atoms with Crippen molar-refractivity contribution in [2.45, 2.75) is 6.92 Å². The van der Waals surface area contributed by atoms with E-state index in [1.54, 1.807) is 11.3 Å². The van der Waals surface area contributed by atoms with Gasteiger partial charge in [0.1, 0.15) is 8.39 Å². The largest absolute Gasteiger partial charge is 0.233 e. The van der Waals surface area contributed by atoms with E-state index in [0.717, 1.165) is 13.4 Å². The summed E-state index contributed by atoms with van der Waals surface area (Å²) in [4.78, 5) is 4.10. The molecule has 0 bridgehead atoms. The molecular formula is C4H3Br2NS. The summed E-state index contributed by atoms with van der Waals surface area (Å²) < 4.78 is 1.97. The van der Waals surface area contributed by atoms with Crippen molar-refractivity contribution in [2.24, 2.45) is 0 Å². The maximum absolute atomic E-state index is 4.10. The summed E-state index contributed by atoms with van der Waals surface area (Å²) in [5, 5.41) is 1.07. The molecule has 0 aliphatic carbocycles. The molecule has 0 fully saturated rings. The van der Waals surface area contributed by atoms with Crippen LogP contribution in [-0.2, 0) is 0 Å². The van der Waals surface area contributed by atoms with E-state index in [9.17, 15) is 0 Å². The monoisotopic (exact) mass is 255 g/mol. The van der Waals surface area contributed by atoms with Gasteiger partial charge >= 0.3 is 0 Å². The third-order valence-corrected chi connectivity index (χ3v) is 3.64. The zero-order chi connectivity index (χ0) is 6.15. The van der Waals surface area contributed by atoms with Crippen LogP contribution in [0.1, 0.15) is 5.01 Å². The van der Waals surface area contributed by atoms with Gasteiger partial charge in [-0.2, -0.15) is 0 Å². The Hall–Kier alpha value is 0.590. The topological polar surface area (TPSA) is 12.9 Å². The van der Waals surface area contributed by atoms with Gasteiger partial charge in [-0.3, -0.25) is 0 Å². The van der Waals surface area contributed by atoms with Crippen molar-refractivity contribution in [3.05, 3.63) is 13.4 Å². The van der Waals surface area contributed by atoms with Gasteiger partial charge in [0.05, 0.1) is 5.01 Å². The van der Waals surface area contributed by atoms with E-state index in [2.05, 4.69) is 36.8 Å². The summed E-state index contributed by atoms with van der Waals surface area (Å²) in [6.45, 7) is 1.97. The number of hydrogen-bond donors (Lipinski definition) is 0. The molecule has 1 rings (SSSR count). The van der Waals surface area contributed by atoms with E-state index in [4.69, 9.17) is 0 Å². The molecule has 1 aromatic heterocycles. The quantitative estimate of drug-likeness (QED) is 0.696. The van der Waals surface area contributed by atoms with Crippen LogP contribution >= 0.6 is 43.2 Å². The van der Waals surface area contributed by atoms with E-state index in [0.29, 0.717) is 0 Å². The minimum atomic E-state index is 0.903. The fraction of sp³-hybridized carbons (Fsp3) is 0.250. The molecular weight excluding hydrogens is 254 g/mol. The zero-order valence-electron chi connectivity index (χ0n) is 4.11. The molecule has 0 aliphatic rings. The maximum Gasteiger partial charge on any atom is 0.131 e. The number of aryl methyl sites for hydroxylation is 1. The molecule has 4 heteroatoms. The molecule has 0 radical (unpaired) electrons. The molecule has 44 valence electrons. The first-order valence-corrected chi connectivity index (χ1v) is 4.39. The second kappa shape index (κ2) is 2.45. The molecule has 0 aromatic carbocycles. The highest BCUT2D eigenvalue weighted by atomic mass is 79.9. The van der Waals surface area contributed by atoms with Crippen molar-refractivity contribution >= 4 is 43.2 Å². The van der Waals surface area contributed by atoms with Gasteiger partial charge in [0.25, 0.3) is 0 Å². The lowest BCUT2D eigenvalue weighted by atomic mass is 10.8. The van der Waals surface area contributed by atoms with Crippen molar-refractivity contribution in [2.75, 3.05) is 0 Å². The Morgan fingerprint density at radius 3 is 2.25 bits per heavy atom. The van der Waals surface area contributed by atoms with Gasteiger partial charge < -0.3 is 0 Å². The van der Waals surface area contributed by atoms with Crippen LogP contribution in [0.3, 0.4) is 0 Å². The van der Waals surface area contributed by atoms with E-state index in [1.165, 1.54) is 0 Å². The first-order chi connectivity index (χ1) is 3.70. The van der Waals surface area contributed by atoms with Gasteiger partial charge in [-0.1, -0.05) is 0 Å². The van der Waals surface area contributed by atoms with Gasteiger partial charge in [0.15, 0.2) is 0 Å². The fourth-order valence-corrected chi connectivity index (χ4v) is 2.32. The number of rotatable bonds is 0. The van der Waals surface area contributed by atoms with Gasteiger partial charge in [-0.05, 0) is 38.8 Å². The molecule has 0 unspecified atom stereocenters. The summed E-state index contributed by atoms with van der Waals surface area (Å²) >= 11 is 8.22. The molecule has 8 heavy (non-hydrogen) atoms. The maximum atomic E-state index is 4.10. The van der Waals surface area contributed by atoms with E-state index < -0.39 is 0 Å². The van der Waals surface area contributed by atoms with Crippen molar-refractivity contribution in [1.29, 1.82) is 0 Å². The smallest absolute Gasteiger partial charge is 0.131 e. The van der Waals surface area contributed by atoms with Crippen molar-refractivity contribution in [1.82, 2.24) is 4.98 Å². The summed E-state index contributed by atoms with van der Waals surface area (Å²) in [5.41, 5.74) is 0. The van der Waals surface area contributed by atoms with Crippen LogP contribution in [-0.4, -0.2) is 4.98 Å². The van der Waals surface area contributed by atoms with Gasteiger partial charge in [0.2, 0.25) is 0 Å². The van der Waals surface area contributed by atoms with Crippen LogP contribution in [0.2, 0.25) is 0 Å². The second-order valence-electron chi connectivity index (χ2n) is 1.30. The van der Waals surface area contributed by atoms with Crippen molar-refractivity contribution in [3.8, 4) is 0 Å². The highest BCUT2D eigenvalue weighted by molar-refractivity contribution is 9.13. The molecule has 0 spiro atoms. The molecule has 0 amide bonds. The lowest BCUT2D eigenvalue weighted by molar-refractivity contribution is 1.25. The molecule has 0 N–H and O–H groups in total. The fourth-order valence-electron chi connectivity index (χ4n) is 0.377. The zero-order valence-corrected chi connectivity index (χ0v) is 8.10. The van der Waals surface area contributed by atoms with Crippen LogP contribution in [0.5, 0.6) is 0 Å². The Bertz CT molecular complexity index is 176. The Kier molecular flexibility index (Phi) is 2.06. The minimum absolute atomic E-state index is 0.903. The molecule has 0 atom stereocenters. The number of thiazole rings is 1.